The van der Waals surface area contributed by atoms with Gasteiger partial charge >= 0.3 is 0 Å². The molecule has 14 heavy (non-hydrogen) atoms. The largest absolute Gasteiger partial charge is 0.486 e. The third-order valence-electron chi connectivity index (χ3n) is 1.70. The Hall–Kier alpha value is -1.51. The summed E-state index contributed by atoms with van der Waals surface area (Å²) in [5.41, 5.74) is 1.40. The SMILES string of the molecule is CC(C)(C)Oc1cnc2ccoc2c1. The van der Waals surface area contributed by atoms with Crippen LogP contribution in [0.3, 0.4) is 0 Å². The topological polar surface area (TPSA) is 35.3 Å². The van der Waals surface area contributed by atoms with E-state index in [1.165, 1.54) is 0 Å². The lowest BCUT2D eigenvalue weighted by Crippen LogP contribution is -2.22. The molecule has 2 rings (SSSR count). The van der Waals surface area contributed by atoms with E-state index in [1.54, 1.807) is 12.5 Å². The number of nitrogens with zero attached hydrogens (tertiary/aromatic N) is 1. The molecule has 0 amide bonds. The molecule has 74 valence electrons. The molecule has 3 nitrogen and oxygen atoms in total. The third kappa shape index (κ3) is 1.87. The van der Waals surface area contributed by atoms with Crippen molar-refractivity contribution in [3.8, 4) is 5.75 Å². The summed E-state index contributed by atoms with van der Waals surface area (Å²) >= 11 is 0. The summed E-state index contributed by atoms with van der Waals surface area (Å²) < 4.78 is 10.9. The molecule has 0 aromatic carbocycles. The van der Waals surface area contributed by atoms with Crippen molar-refractivity contribution < 1.29 is 9.15 Å². The van der Waals surface area contributed by atoms with Crippen LogP contribution in [0.15, 0.2) is 29.0 Å². The second-order valence-corrected chi connectivity index (χ2v) is 4.19. The Balaban J connectivity index is 2.35. The number of pyridine rings is 1. The first-order chi connectivity index (χ1) is 6.54. The van der Waals surface area contributed by atoms with Crippen LogP contribution in [-0.4, -0.2) is 10.6 Å². The molecular formula is C11H13NO2. The van der Waals surface area contributed by atoms with Crippen molar-refractivity contribution in [2.24, 2.45) is 0 Å². The predicted molar refractivity (Wildman–Crippen MR) is 54.4 cm³/mol. The maximum Gasteiger partial charge on any atom is 0.155 e. The van der Waals surface area contributed by atoms with Gasteiger partial charge in [0.25, 0.3) is 0 Å². The average Bonchev–Trinajstić information content (AvgIpc) is 2.47. The van der Waals surface area contributed by atoms with Crippen LogP contribution in [0.25, 0.3) is 11.1 Å². The minimum atomic E-state index is -0.206. The van der Waals surface area contributed by atoms with E-state index in [9.17, 15) is 0 Å². The van der Waals surface area contributed by atoms with Crippen molar-refractivity contribution in [3.05, 3.63) is 24.6 Å². The minimum absolute atomic E-state index is 0.206. The first-order valence-corrected chi connectivity index (χ1v) is 4.57. The predicted octanol–water partition coefficient (Wildman–Crippen LogP) is 3.01. The molecule has 0 unspecified atom stereocenters. The van der Waals surface area contributed by atoms with Gasteiger partial charge in [0.1, 0.15) is 16.9 Å². The monoisotopic (exact) mass is 191 g/mol. The smallest absolute Gasteiger partial charge is 0.155 e. The lowest BCUT2D eigenvalue weighted by Gasteiger charge is -2.20. The summed E-state index contributed by atoms with van der Waals surface area (Å²) in [6.07, 6.45) is 3.33. The summed E-state index contributed by atoms with van der Waals surface area (Å²) in [6, 6.07) is 3.68. The minimum Gasteiger partial charge on any atom is -0.486 e. The molecule has 3 heteroatoms. The third-order valence-corrected chi connectivity index (χ3v) is 1.70. The lowest BCUT2D eigenvalue weighted by atomic mass is 10.2. The van der Waals surface area contributed by atoms with Crippen LogP contribution in [0.5, 0.6) is 5.75 Å². The number of hydrogen-bond acceptors (Lipinski definition) is 3. The Kier molecular flexibility index (Phi) is 1.95. The summed E-state index contributed by atoms with van der Waals surface area (Å²) in [6.45, 7) is 6.00. The van der Waals surface area contributed by atoms with E-state index in [0.717, 1.165) is 16.8 Å². The molecule has 0 aliphatic rings. The number of ether oxygens (including phenoxy) is 1. The Bertz CT molecular complexity index is 440. The fourth-order valence-electron chi connectivity index (χ4n) is 1.24. The van der Waals surface area contributed by atoms with Crippen LogP contribution in [0, 0.1) is 0 Å². The summed E-state index contributed by atoms with van der Waals surface area (Å²) in [4.78, 5) is 4.21. The van der Waals surface area contributed by atoms with E-state index in [-0.39, 0.29) is 5.60 Å². The fraction of sp³-hybridized carbons (Fsp3) is 0.364. The van der Waals surface area contributed by atoms with Gasteiger partial charge in [0.15, 0.2) is 5.58 Å². The standard InChI is InChI=1S/C11H13NO2/c1-11(2,3)14-8-6-10-9(12-7-8)4-5-13-10/h4-7H,1-3H3. The van der Waals surface area contributed by atoms with Gasteiger partial charge in [0, 0.05) is 12.1 Å². The van der Waals surface area contributed by atoms with Gasteiger partial charge in [0.05, 0.1) is 12.5 Å². The molecule has 0 spiro atoms. The summed E-state index contributed by atoms with van der Waals surface area (Å²) in [7, 11) is 0. The molecule has 0 saturated heterocycles. The number of furan rings is 1. The van der Waals surface area contributed by atoms with Crippen molar-refractivity contribution in [3.63, 3.8) is 0 Å². The highest BCUT2D eigenvalue weighted by atomic mass is 16.5. The quantitative estimate of drug-likeness (QED) is 0.695. The Morgan fingerprint density at radius 3 is 2.86 bits per heavy atom. The van der Waals surface area contributed by atoms with Gasteiger partial charge in [-0.25, -0.2) is 4.98 Å². The van der Waals surface area contributed by atoms with Gasteiger partial charge < -0.3 is 9.15 Å². The zero-order valence-electron chi connectivity index (χ0n) is 8.57. The van der Waals surface area contributed by atoms with Crippen molar-refractivity contribution in [1.29, 1.82) is 0 Å². The van der Waals surface area contributed by atoms with Crippen LogP contribution in [0.1, 0.15) is 20.8 Å². The molecule has 2 heterocycles. The van der Waals surface area contributed by atoms with Crippen LogP contribution >= 0.6 is 0 Å². The van der Waals surface area contributed by atoms with Gasteiger partial charge in [-0.15, -0.1) is 0 Å². The van der Waals surface area contributed by atoms with E-state index < -0.39 is 0 Å². The normalized spacial score (nSPS) is 11.9. The number of rotatable bonds is 1. The molecule has 2 aromatic heterocycles. The highest BCUT2D eigenvalue weighted by Gasteiger charge is 2.12. The van der Waals surface area contributed by atoms with Crippen LogP contribution in [0.4, 0.5) is 0 Å². The van der Waals surface area contributed by atoms with Gasteiger partial charge in [-0.05, 0) is 20.8 Å². The van der Waals surface area contributed by atoms with E-state index >= 15 is 0 Å². The van der Waals surface area contributed by atoms with Gasteiger partial charge in [0.2, 0.25) is 0 Å². The second kappa shape index (κ2) is 3.01. The molecule has 0 radical (unpaired) electrons. The van der Waals surface area contributed by atoms with Crippen molar-refractivity contribution >= 4 is 11.1 Å². The van der Waals surface area contributed by atoms with Crippen molar-refractivity contribution in [2.45, 2.75) is 26.4 Å². The molecular weight excluding hydrogens is 178 g/mol. The molecule has 0 saturated carbocycles. The molecule has 0 aliphatic carbocycles. The summed E-state index contributed by atoms with van der Waals surface area (Å²) in [5.74, 6) is 0.736. The number of aromatic nitrogens is 1. The first-order valence-electron chi connectivity index (χ1n) is 4.57. The molecule has 0 fully saturated rings. The van der Waals surface area contributed by atoms with Crippen LogP contribution in [0.2, 0.25) is 0 Å². The maximum atomic E-state index is 5.66. The average molecular weight is 191 g/mol. The van der Waals surface area contributed by atoms with E-state index in [2.05, 4.69) is 4.98 Å². The van der Waals surface area contributed by atoms with Gasteiger partial charge in [-0.3, -0.25) is 0 Å². The summed E-state index contributed by atoms with van der Waals surface area (Å²) in [5, 5.41) is 0. The van der Waals surface area contributed by atoms with Crippen molar-refractivity contribution in [2.75, 3.05) is 0 Å². The first kappa shape index (κ1) is 9.06. The molecule has 0 aliphatic heterocycles. The Morgan fingerprint density at radius 2 is 2.14 bits per heavy atom. The lowest BCUT2D eigenvalue weighted by molar-refractivity contribution is 0.130. The molecule has 0 bridgehead atoms. The highest BCUT2D eigenvalue weighted by Crippen LogP contribution is 2.22. The highest BCUT2D eigenvalue weighted by molar-refractivity contribution is 5.73. The van der Waals surface area contributed by atoms with E-state index in [0.29, 0.717) is 0 Å². The van der Waals surface area contributed by atoms with E-state index in [1.807, 2.05) is 32.9 Å². The van der Waals surface area contributed by atoms with Gasteiger partial charge in [-0.2, -0.15) is 0 Å². The molecule has 2 aromatic rings. The second-order valence-electron chi connectivity index (χ2n) is 4.19. The zero-order valence-corrected chi connectivity index (χ0v) is 8.57. The van der Waals surface area contributed by atoms with Crippen LogP contribution in [-0.2, 0) is 0 Å². The number of fused-ring (bicyclic) bond motifs is 1. The Labute approximate surface area is 82.7 Å². The number of hydrogen-bond donors (Lipinski definition) is 0. The Morgan fingerprint density at radius 1 is 1.36 bits per heavy atom. The maximum absolute atomic E-state index is 5.66. The van der Waals surface area contributed by atoms with Crippen molar-refractivity contribution in [1.82, 2.24) is 4.98 Å². The zero-order chi connectivity index (χ0) is 10.2. The van der Waals surface area contributed by atoms with Gasteiger partial charge in [-0.1, -0.05) is 0 Å². The molecule has 0 atom stereocenters. The fourth-order valence-corrected chi connectivity index (χ4v) is 1.24. The van der Waals surface area contributed by atoms with E-state index in [4.69, 9.17) is 9.15 Å². The van der Waals surface area contributed by atoms with Crippen LogP contribution < -0.4 is 4.74 Å². The molecule has 0 N–H and O–H groups in total.